The standard InChI is InChI=1S/C13H9BrCl2FN/c14-10-5-8(1-4-12(10)17)7-18-13-6-9(15)2-3-11(13)16/h1-6,18H,7H2. The van der Waals surface area contributed by atoms with Crippen LogP contribution >= 0.6 is 39.1 Å². The molecule has 1 N–H and O–H groups in total. The number of anilines is 1. The van der Waals surface area contributed by atoms with Crippen LogP contribution in [-0.2, 0) is 6.54 Å². The van der Waals surface area contributed by atoms with Crippen molar-refractivity contribution in [3.63, 3.8) is 0 Å². The molecule has 0 saturated heterocycles. The van der Waals surface area contributed by atoms with Crippen molar-refractivity contribution < 1.29 is 4.39 Å². The van der Waals surface area contributed by atoms with E-state index in [0.29, 0.717) is 21.1 Å². The van der Waals surface area contributed by atoms with Gasteiger partial charge in [-0.1, -0.05) is 29.3 Å². The molecule has 94 valence electrons. The van der Waals surface area contributed by atoms with Gasteiger partial charge in [0.2, 0.25) is 0 Å². The number of hydrogen-bond donors (Lipinski definition) is 1. The van der Waals surface area contributed by atoms with Crippen molar-refractivity contribution in [2.45, 2.75) is 6.54 Å². The predicted molar refractivity (Wildman–Crippen MR) is 77.9 cm³/mol. The second-order valence-electron chi connectivity index (χ2n) is 3.73. The number of halogens is 4. The zero-order chi connectivity index (χ0) is 13.1. The Morgan fingerprint density at radius 3 is 2.61 bits per heavy atom. The Balaban J connectivity index is 2.11. The predicted octanol–water partition coefficient (Wildman–Crippen LogP) is 5.51. The van der Waals surface area contributed by atoms with Gasteiger partial charge in [-0.2, -0.15) is 0 Å². The van der Waals surface area contributed by atoms with E-state index in [0.717, 1.165) is 11.3 Å². The first-order valence-corrected chi connectivity index (χ1v) is 6.74. The van der Waals surface area contributed by atoms with Crippen molar-refractivity contribution in [1.29, 1.82) is 0 Å². The SMILES string of the molecule is Fc1ccc(CNc2cc(Cl)ccc2Cl)cc1Br. The van der Waals surface area contributed by atoms with E-state index in [1.165, 1.54) is 6.07 Å². The summed E-state index contributed by atoms with van der Waals surface area (Å²) in [6.07, 6.45) is 0. The molecular weight excluding hydrogens is 340 g/mol. The third-order valence-electron chi connectivity index (χ3n) is 2.40. The Kier molecular flexibility index (Phi) is 4.49. The molecule has 2 aromatic carbocycles. The van der Waals surface area contributed by atoms with E-state index in [9.17, 15) is 4.39 Å². The average Bonchev–Trinajstić information content (AvgIpc) is 2.34. The number of nitrogens with one attached hydrogen (secondary N) is 1. The highest BCUT2D eigenvalue weighted by atomic mass is 79.9. The number of hydrogen-bond acceptors (Lipinski definition) is 1. The second-order valence-corrected chi connectivity index (χ2v) is 5.42. The number of rotatable bonds is 3. The molecule has 5 heteroatoms. The van der Waals surface area contributed by atoms with E-state index in [4.69, 9.17) is 23.2 Å². The highest BCUT2D eigenvalue weighted by molar-refractivity contribution is 9.10. The van der Waals surface area contributed by atoms with Gasteiger partial charge in [0.05, 0.1) is 15.2 Å². The summed E-state index contributed by atoms with van der Waals surface area (Å²) in [4.78, 5) is 0. The molecule has 0 amide bonds. The van der Waals surface area contributed by atoms with Crippen molar-refractivity contribution in [2.75, 3.05) is 5.32 Å². The summed E-state index contributed by atoms with van der Waals surface area (Å²) in [7, 11) is 0. The van der Waals surface area contributed by atoms with Gasteiger partial charge >= 0.3 is 0 Å². The minimum Gasteiger partial charge on any atom is -0.380 e. The van der Waals surface area contributed by atoms with Crippen LogP contribution in [0.5, 0.6) is 0 Å². The van der Waals surface area contributed by atoms with Gasteiger partial charge in [0, 0.05) is 11.6 Å². The molecule has 0 heterocycles. The Hall–Kier alpha value is -0.770. The molecule has 0 fully saturated rings. The molecule has 0 aliphatic heterocycles. The molecule has 0 radical (unpaired) electrons. The zero-order valence-corrected chi connectivity index (χ0v) is 12.3. The van der Waals surface area contributed by atoms with Crippen LogP contribution in [0.2, 0.25) is 10.0 Å². The lowest BCUT2D eigenvalue weighted by atomic mass is 10.2. The minimum atomic E-state index is -0.278. The van der Waals surface area contributed by atoms with E-state index in [-0.39, 0.29) is 5.82 Å². The van der Waals surface area contributed by atoms with Crippen LogP contribution in [0.25, 0.3) is 0 Å². The highest BCUT2D eigenvalue weighted by Gasteiger charge is 2.03. The molecule has 2 rings (SSSR count). The fourth-order valence-electron chi connectivity index (χ4n) is 1.48. The normalized spacial score (nSPS) is 10.4. The van der Waals surface area contributed by atoms with Crippen LogP contribution in [0, 0.1) is 5.82 Å². The summed E-state index contributed by atoms with van der Waals surface area (Å²) < 4.78 is 13.5. The lowest BCUT2D eigenvalue weighted by Gasteiger charge is -2.09. The monoisotopic (exact) mass is 347 g/mol. The first-order valence-electron chi connectivity index (χ1n) is 5.19. The van der Waals surface area contributed by atoms with Gasteiger partial charge in [-0.25, -0.2) is 4.39 Å². The molecule has 18 heavy (non-hydrogen) atoms. The molecule has 0 aromatic heterocycles. The van der Waals surface area contributed by atoms with Crippen molar-refractivity contribution in [3.8, 4) is 0 Å². The van der Waals surface area contributed by atoms with Crippen LogP contribution in [-0.4, -0.2) is 0 Å². The smallest absolute Gasteiger partial charge is 0.137 e. The van der Waals surface area contributed by atoms with Crippen LogP contribution in [0.1, 0.15) is 5.56 Å². The minimum absolute atomic E-state index is 0.278. The van der Waals surface area contributed by atoms with Crippen molar-refractivity contribution >= 4 is 44.8 Å². The molecule has 0 spiro atoms. The Bertz CT molecular complexity index is 575. The highest BCUT2D eigenvalue weighted by Crippen LogP contribution is 2.26. The average molecular weight is 349 g/mol. The van der Waals surface area contributed by atoms with Gasteiger partial charge < -0.3 is 5.32 Å². The topological polar surface area (TPSA) is 12.0 Å². The molecule has 0 saturated carbocycles. The summed E-state index contributed by atoms with van der Waals surface area (Å²) in [5.41, 5.74) is 1.70. The summed E-state index contributed by atoms with van der Waals surface area (Å²) in [5.74, 6) is -0.278. The first-order chi connectivity index (χ1) is 8.56. The van der Waals surface area contributed by atoms with Crippen molar-refractivity contribution in [1.82, 2.24) is 0 Å². The molecule has 0 atom stereocenters. The fourth-order valence-corrected chi connectivity index (χ4v) is 2.26. The number of benzene rings is 2. The van der Waals surface area contributed by atoms with Crippen LogP contribution in [0.4, 0.5) is 10.1 Å². The van der Waals surface area contributed by atoms with Crippen molar-refractivity contribution in [2.24, 2.45) is 0 Å². The third-order valence-corrected chi connectivity index (χ3v) is 3.57. The van der Waals surface area contributed by atoms with Gasteiger partial charge in [-0.15, -0.1) is 0 Å². The lowest BCUT2D eigenvalue weighted by Crippen LogP contribution is -2.00. The summed E-state index contributed by atoms with van der Waals surface area (Å²) in [6, 6.07) is 10.1. The molecule has 0 aliphatic carbocycles. The molecule has 0 unspecified atom stereocenters. The first kappa shape index (κ1) is 13.7. The van der Waals surface area contributed by atoms with Crippen molar-refractivity contribution in [3.05, 3.63) is 62.3 Å². The van der Waals surface area contributed by atoms with E-state index in [2.05, 4.69) is 21.2 Å². The van der Waals surface area contributed by atoms with Gasteiger partial charge in [-0.3, -0.25) is 0 Å². The molecule has 2 aromatic rings. The third kappa shape index (κ3) is 3.37. The maximum absolute atomic E-state index is 13.1. The van der Waals surface area contributed by atoms with Gasteiger partial charge in [0.15, 0.2) is 0 Å². The van der Waals surface area contributed by atoms with E-state index >= 15 is 0 Å². The zero-order valence-electron chi connectivity index (χ0n) is 9.18. The van der Waals surface area contributed by atoms with Gasteiger partial charge in [-0.05, 0) is 51.8 Å². The fraction of sp³-hybridized carbons (Fsp3) is 0.0769. The molecule has 1 nitrogen and oxygen atoms in total. The van der Waals surface area contributed by atoms with Crippen LogP contribution in [0.15, 0.2) is 40.9 Å². The quantitative estimate of drug-likeness (QED) is 0.771. The Labute approximate surface area is 123 Å². The Morgan fingerprint density at radius 1 is 1.11 bits per heavy atom. The largest absolute Gasteiger partial charge is 0.380 e. The summed E-state index contributed by atoms with van der Waals surface area (Å²) in [5, 5.41) is 4.37. The van der Waals surface area contributed by atoms with Gasteiger partial charge in [0.25, 0.3) is 0 Å². The van der Waals surface area contributed by atoms with E-state index in [1.54, 1.807) is 30.3 Å². The lowest BCUT2D eigenvalue weighted by molar-refractivity contribution is 0.620. The van der Waals surface area contributed by atoms with E-state index < -0.39 is 0 Å². The maximum atomic E-state index is 13.1. The maximum Gasteiger partial charge on any atom is 0.137 e. The molecule has 0 bridgehead atoms. The summed E-state index contributed by atoms with van der Waals surface area (Å²) >= 11 is 15.1. The molecular formula is C13H9BrCl2FN. The Morgan fingerprint density at radius 2 is 1.89 bits per heavy atom. The molecule has 0 aliphatic rings. The van der Waals surface area contributed by atoms with Gasteiger partial charge in [0.1, 0.15) is 5.82 Å². The summed E-state index contributed by atoms with van der Waals surface area (Å²) in [6.45, 7) is 0.541. The van der Waals surface area contributed by atoms with E-state index in [1.807, 2.05) is 0 Å². The van der Waals surface area contributed by atoms with Crippen LogP contribution < -0.4 is 5.32 Å². The second kappa shape index (κ2) is 5.91. The van der Waals surface area contributed by atoms with Crippen LogP contribution in [0.3, 0.4) is 0 Å².